The van der Waals surface area contributed by atoms with E-state index < -0.39 is 11.8 Å². The largest absolute Gasteiger partial charge is 0.366 e. The summed E-state index contributed by atoms with van der Waals surface area (Å²) >= 11 is 0. The third-order valence-corrected chi connectivity index (χ3v) is 2.30. The summed E-state index contributed by atoms with van der Waals surface area (Å²) in [5.74, 6) is -1.12. The summed E-state index contributed by atoms with van der Waals surface area (Å²) in [6.45, 7) is 1.59. The number of nitrogens with two attached hydrogens (primary N) is 1. The molecule has 0 unspecified atom stereocenters. The van der Waals surface area contributed by atoms with Gasteiger partial charge in [-0.1, -0.05) is 0 Å². The van der Waals surface area contributed by atoms with Gasteiger partial charge in [-0.2, -0.15) is 5.26 Å². The smallest absolute Gasteiger partial charge is 0.251 e. The first-order chi connectivity index (χ1) is 7.52. The number of benzene rings is 1. The maximum absolute atomic E-state index is 11.5. The van der Waals surface area contributed by atoms with Crippen molar-refractivity contribution in [1.82, 2.24) is 5.32 Å². The number of carbonyl (C=O) groups is 2. The van der Waals surface area contributed by atoms with E-state index in [0.717, 1.165) is 0 Å². The molecule has 0 aliphatic rings. The van der Waals surface area contributed by atoms with Crippen molar-refractivity contribution in [2.45, 2.75) is 6.92 Å². The fourth-order valence-corrected chi connectivity index (χ4v) is 1.47. The summed E-state index contributed by atoms with van der Waals surface area (Å²) in [7, 11) is 1.46. The van der Waals surface area contributed by atoms with Crippen LogP contribution >= 0.6 is 0 Å². The fourth-order valence-electron chi connectivity index (χ4n) is 1.47. The van der Waals surface area contributed by atoms with Gasteiger partial charge in [0.05, 0.1) is 22.8 Å². The molecule has 1 aromatic carbocycles. The topological polar surface area (TPSA) is 96.0 Å². The first-order valence-electron chi connectivity index (χ1n) is 4.58. The lowest BCUT2D eigenvalue weighted by Crippen LogP contribution is -2.24. The van der Waals surface area contributed by atoms with E-state index >= 15 is 0 Å². The summed E-state index contributed by atoms with van der Waals surface area (Å²) in [4.78, 5) is 22.8. The average Bonchev–Trinajstić information content (AvgIpc) is 2.26. The molecule has 16 heavy (non-hydrogen) atoms. The number of carbonyl (C=O) groups excluding carboxylic acids is 2. The molecule has 1 aromatic rings. The Morgan fingerprint density at radius 3 is 2.50 bits per heavy atom. The molecule has 1 rings (SSSR count). The third-order valence-electron chi connectivity index (χ3n) is 2.30. The standard InChI is InChI=1S/C11H11N3O2/c1-6-7(5-12)3-4-8(11(16)14-2)9(6)10(13)15/h3-4H,1-2H3,(H2,13,15)(H,14,16). The van der Waals surface area contributed by atoms with Crippen LogP contribution < -0.4 is 11.1 Å². The van der Waals surface area contributed by atoms with Crippen LogP contribution in [0.4, 0.5) is 0 Å². The van der Waals surface area contributed by atoms with Crippen LogP contribution in [0.1, 0.15) is 31.8 Å². The third kappa shape index (κ3) is 1.86. The van der Waals surface area contributed by atoms with E-state index in [9.17, 15) is 9.59 Å². The molecule has 82 valence electrons. The van der Waals surface area contributed by atoms with Crippen molar-refractivity contribution in [3.8, 4) is 6.07 Å². The molecule has 0 aliphatic heterocycles. The molecule has 0 fully saturated rings. The second-order valence-corrected chi connectivity index (χ2v) is 3.22. The van der Waals surface area contributed by atoms with Crippen LogP contribution in [-0.2, 0) is 0 Å². The highest BCUT2D eigenvalue weighted by Gasteiger charge is 2.18. The second kappa shape index (κ2) is 4.45. The Hall–Kier alpha value is -2.35. The van der Waals surface area contributed by atoms with Crippen LogP contribution in [0.2, 0.25) is 0 Å². The van der Waals surface area contributed by atoms with E-state index in [2.05, 4.69) is 5.32 Å². The molecule has 0 bridgehead atoms. The summed E-state index contributed by atoms with van der Waals surface area (Å²) in [5.41, 5.74) is 6.25. The Bertz CT molecular complexity index is 501. The van der Waals surface area contributed by atoms with Gasteiger partial charge in [0.15, 0.2) is 0 Å². The van der Waals surface area contributed by atoms with Gasteiger partial charge in [-0.05, 0) is 24.6 Å². The van der Waals surface area contributed by atoms with E-state index in [1.807, 2.05) is 6.07 Å². The number of hydrogen-bond donors (Lipinski definition) is 2. The number of amides is 2. The lowest BCUT2D eigenvalue weighted by atomic mass is 9.96. The van der Waals surface area contributed by atoms with Crippen LogP contribution in [0.3, 0.4) is 0 Å². The van der Waals surface area contributed by atoms with Gasteiger partial charge in [-0.3, -0.25) is 9.59 Å². The van der Waals surface area contributed by atoms with Gasteiger partial charge >= 0.3 is 0 Å². The molecule has 3 N–H and O–H groups in total. The molecule has 0 heterocycles. The van der Waals surface area contributed by atoms with Crippen LogP contribution in [0, 0.1) is 18.3 Å². The molecule has 0 aliphatic carbocycles. The Morgan fingerprint density at radius 1 is 1.44 bits per heavy atom. The molecule has 0 atom stereocenters. The second-order valence-electron chi connectivity index (χ2n) is 3.22. The monoisotopic (exact) mass is 217 g/mol. The zero-order chi connectivity index (χ0) is 12.3. The summed E-state index contributed by atoms with van der Waals surface area (Å²) in [5, 5.41) is 11.2. The molecular formula is C11H11N3O2. The minimum absolute atomic E-state index is 0.0957. The van der Waals surface area contributed by atoms with Crippen molar-refractivity contribution in [2.75, 3.05) is 7.05 Å². The Kier molecular flexibility index (Phi) is 3.26. The maximum atomic E-state index is 11.5. The van der Waals surface area contributed by atoms with Crippen molar-refractivity contribution < 1.29 is 9.59 Å². The summed E-state index contributed by atoms with van der Waals surface area (Å²) in [6.07, 6.45) is 0. The van der Waals surface area contributed by atoms with E-state index in [0.29, 0.717) is 11.1 Å². The van der Waals surface area contributed by atoms with Crippen molar-refractivity contribution >= 4 is 11.8 Å². The molecule has 0 saturated carbocycles. The first kappa shape index (κ1) is 11.7. The highest BCUT2D eigenvalue weighted by atomic mass is 16.2. The summed E-state index contributed by atoms with van der Waals surface area (Å²) in [6, 6.07) is 4.85. The van der Waals surface area contributed by atoms with E-state index in [1.165, 1.54) is 19.2 Å². The maximum Gasteiger partial charge on any atom is 0.251 e. The van der Waals surface area contributed by atoms with E-state index in [1.54, 1.807) is 6.92 Å². The molecule has 5 nitrogen and oxygen atoms in total. The van der Waals surface area contributed by atoms with Gasteiger partial charge in [0.25, 0.3) is 5.91 Å². The molecule has 2 amide bonds. The van der Waals surface area contributed by atoms with Crippen molar-refractivity contribution in [3.63, 3.8) is 0 Å². The highest BCUT2D eigenvalue weighted by molar-refractivity contribution is 6.07. The molecule has 0 saturated heterocycles. The molecule has 0 radical (unpaired) electrons. The number of nitriles is 1. The zero-order valence-electron chi connectivity index (χ0n) is 9.00. The van der Waals surface area contributed by atoms with Gasteiger partial charge in [0.2, 0.25) is 5.91 Å². The normalized spacial score (nSPS) is 9.31. The Balaban J connectivity index is 3.54. The lowest BCUT2D eigenvalue weighted by Gasteiger charge is -2.09. The quantitative estimate of drug-likeness (QED) is 0.746. The molecule has 5 heteroatoms. The van der Waals surface area contributed by atoms with Crippen LogP contribution in [-0.4, -0.2) is 18.9 Å². The van der Waals surface area contributed by atoms with Gasteiger partial charge in [0.1, 0.15) is 0 Å². The average molecular weight is 217 g/mol. The van der Waals surface area contributed by atoms with Gasteiger partial charge in [-0.25, -0.2) is 0 Å². The predicted molar refractivity (Wildman–Crippen MR) is 57.8 cm³/mol. The fraction of sp³-hybridized carbons (Fsp3) is 0.182. The minimum Gasteiger partial charge on any atom is -0.366 e. The molecule has 0 spiro atoms. The summed E-state index contributed by atoms with van der Waals surface area (Å²) < 4.78 is 0. The Labute approximate surface area is 92.9 Å². The number of nitrogens with one attached hydrogen (secondary N) is 1. The number of rotatable bonds is 2. The molecule has 0 aromatic heterocycles. The van der Waals surface area contributed by atoms with E-state index in [4.69, 9.17) is 11.0 Å². The Morgan fingerprint density at radius 2 is 2.06 bits per heavy atom. The van der Waals surface area contributed by atoms with Crippen LogP contribution in [0.15, 0.2) is 12.1 Å². The number of nitrogens with zero attached hydrogens (tertiary/aromatic N) is 1. The number of primary amides is 1. The van der Waals surface area contributed by atoms with Crippen molar-refractivity contribution in [3.05, 3.63) is 34.4 Å². The van der Waals surface area contributed by atoms with Gasteiger partial charge < -0.3 is 11.1 Å². The molecular weight excluding hydrogens is 206 g/mol. The number of hydrogen-bond acceptors (Lipinski definition) is 3. The minimum atomic E-state index is -0.715. The van der Waals surface area contributed by atoms with Crippen LogP contribution in [0.25, 0.3) is 0 Å². The van der Waals surface area contributed by atoms with Gasteiger partial charge in [-0.15, -0.1) is 0 Å². The van der Waals surface area contributed by atoms with Crippen molar-refractivity contribution in [2.24, 2.45) is 5.73 Å². The SMILES string of the molecule is CNC(=O)c1ccc(C#N)c(C)c1C(N)=O. The first-order valence-corrected chi connectivity index (χ1v) is 4.58. The lowest BCUT2D eigenvalue weighted by molar-refractivity contribution is 0.0943. The van der Waals surface area contributed by atoms with Crippen LogP contribution in [0.5, 0.6) is 0 Å². The zero-order valence-corrected chi connectivity index (χ0v) is 9.00. The highest BCUT2D eigenvalue weighted by Crippen LogP contribution is 2.17. The van der Waals surface area contributed by atoms with Crippen molar-refractivity contribution in [1.29, 1.82) is 5.26 Å². The van der Waals surface area contributed by atoms with E-state index in [-0.39, 0.29) is 11.1 Å². The van der Waals surface area contributed by atoms with Gasteiger partial charge in [0, 0.05) is 7.05 Å². The predicted octanol–water partition coefficient (Wildman–Crippen LogP) is 0.325.